The van der Waals surface area contributed by atoms with Crippen LogP contribution in [-0.2, 0) is 33.3 Å². The highest BCUT2D eigenvalue weighted by Crippen LogP contribution is 2.19. The fourth-order valence-electron chi connectivity index (χ4n) is 11.3. The summed E-state index contributed by atoms with van der Waals surface area (Å²) in [6.07, 6.45) is 87.0. The van der Waals surface area contributed by atoms with E-state index < -0.39 is 24.3 Å². The molecule has 0 rings (SSSR count). The van der Waals surface area contributed by atoms with Crippen molar-refractivity contribution in [2.45, 2.75) is 386 Å². The van der Waals surface area contributed by atoms with Gasteiger partial charge >= 0.3 is 17.9 Å². The molecule has 0 aromatic rings. The Morgan fingerprint density at radius 3 is 0.931 bits per heavy atom. The van der Waals surface area contributed by atoms with E-state index in [0.717, 1.165) is 57.8 Å². The van der Waals surface area contributed by atoms with Gasteiger partial charge < -0.3 is 28.5 Å². The SMILES string of the molecule is CCCCCCC/C=C\C/C=C\C/C=C\CCCCCCCCC(=O)OC(COC(=O)CCCCCCCCCCCCCCCCCCCCCCCCCCCCCCC/C=C\CCCCCCCCCC)COC(OCC[N+](C)(C)C)C(=O)O. The van der Waals surface area contributed by atoms with Gasteiger partial charge in [-0.15, -0.1) is 0 Å². The molecular weight excluding hydrogens is 1080 g/mol. The number of aliphatic carboxylic acids is 1. The minimum absolute atomic E-state index is 0.184. The molecule has 0 fully saturated rings. The predicted octanol–water partition coefficient (Wildman–Crippen LogP) is 23.7. The minimum Gasteiger partial charge on any atom is -0.477 e. The lowest BCUT2D eigenvalue weighted by Gasteiger charge is -2.25. The summed E-state index contributed by atoms with van der Waals surface area (Å²) in [5, 5.41) is 9.74. The number of carbonyl (C=O) groups excluding carboxylic acids is 2. The summed E-state index contributed by atoms with van der Waals surface area (Å²) in [6.45, 7) is 4.90. The van der Waals surface area contributed by atoms with Crippen molar-refractivity contribution in [3.05, 3.63) is 48.6 Å². The Kier molecular flexibility index (Phi) is 67.0. The van der Waals surface area contributed by atoms with E-state index in [2.05, 4.69) is 62.5 Å². The monoisotopic (exact) mass is 1230 g/mol. The molecule has 510 valence electrons. The van der Waals surface area contributed by atoms with Gasteiger partial charge in [-0.05, 0) is 77.0 Å². The van der Waals surface area contributed by atoms with E-state index >= 15 is 0 Å². The van der Waals surface area contributed by atoms with Crippen LogP contribution in [0.4, 0.5) is 0 Å². The number of esters is 2. The Balaban J connectivity index is 3.93. The normalized spacial score (nSPS) is 12.9. The van der Waals surface area contributed by atoms with Crippen LogP contribution in [0, 0.1) is 0 Å². The third kappa shape index (κ3) is 70.6. The van der Waals surface area contributed by atoms with Gasteiger partial charge in [0.2, 0.25) is 0 Å². The second-order valence-corrected chi connectivity index (χ2v) is 27.0. The maximum Gasteiger partial charge on any atom is 0.361 e. The standard InChI is InChI=1S/C78H145NO8/c1-6-8-10-12-14-16-18-20-22-24-26-28-29-30-31-32-33-34-35-36-37-38-39-40-41-42-43-44-45-46-47-49-50-52-54-56-58-60-62-64-66-68-75(80)85-72-74(73-86-78(77(82)83)84-71-70-79(3,4)5)87-76(81)69-67-65-63-61-59-57-55-53-51-48-27-25-23-21-19-17-15-13-11-9-7-2/h19,21,24-27,51,53,74,78H,6-18,20,22-23,28-50,52,54-73H2,1-5H3/p+1/b21-19-,26-24-,27-25-,53-51-. The number of nitrogens with zero attached hydrogens (tertiary/aromatic N) is 1. The molecule has 2 atom stereocenters. The zero-order chi connectivity index (χ0) is 63.3. The van der Waals surface area contributed by atoms with E-state index in [1.165, 1.54) is 283 Å². The van der Waals surface area contributed by atoms with Crippen LogP contribution in [0.25, 0.3) is 0 Å². The van der Waals surface area contributed by atoms with Crippen LogP contribution in [-0.4, -0.2) is 87.4 Å². The Hall–Kier alpha value is -2.75. The van der Waals surface area contributed by atoms with Gasteiger partial charge in [0.05, 0.1) is 34.4 Å². The van der Waals surface area contributed by atoms with Crippen LogP contribution in [0.1, 0.15) is 373 Å². The van der Waals surface area contributed by atoms with Crippen molar-refractivity contribution in [2.75, 3.05) is 47.5 Å². The van der Waals surface area contributed by atoms with Crippen LogP contribution in [0.2, 0.25) is 0 Å². The average Bonchev–Trinajstić information content (AvgIpc) is 3.57. The van der Waals surface area contributed by atoms with Crippen molar-refractivity contribution >= 4 is 17.9 Å². The first-order valence-corrected chi connectivity index (χ1v) is 37.8. The van der Waals surface area contributed by atoms with Crippen molar-refractivity contribution in [1.82, 2.24) is 0 Å². The quantitative estimate of drug-likeness (QED) is 0.0211. The van der Waals surface area contributed by atoms with Gasteiger partial charge in [0, 0.05) is 12.8 Å². The fourth-order valence-corrected chi connectivity index (χ4v) is 11.3. The molecule has 0 heterocycles. The van der Waals surface area contributed by atoms with Crippen LogP contribution in [0.3, 0.4) is 0 Å². The van der Waals surface area contributed by atoms with Gasteiger partial charge in [0.15, 0.2) is 6.10 Å². The summed E-state index contributed by atoms with van der Waals surface area (Å²) in [6, 6.07) is 0. The van der Waals surface area contributed by atoms with Crippen LogP contribution >= 0.6 is 0 Å². The molecule has 1 N–H and O–H groups in total. The van der Waals surface area contributed by atoms with Gasteiger partial charge in [-0.25, -0.2) is 4.79 Å². The minimum atomic E-state index is -1.51. The molecular formula is C78H146NO8+. The molecule has 0 radical (unpaired) electrons. The summed E-state index contributed by atoms with van der Waals surface area (Å²) < 4.78 is 23.0. The van der Waals surface area contributed by atoms with Gasteiger partial charge in [0.25, 0.3) is 6.29 Å². The Morgan fingerprint density at radius 2 is 0.621 bits per heavy atom. The van der Waals surface area contributed by atoms with Crippen molar-refractivity contribution < 1.29 is 42.9 Å². The van der Waals surface area contributed by atoms with Gasteiger partial charge in [0.1, 0.15) is 13.2 Å². The first-order valence-electron chi connectivity index (χ1n) is 37.8. The zero-order valence-corrected chi connectivity index (χ0v) is 58.5. The number of rotatable bonds is 71. The van der Waals surface area contributed by atoms with E-state index in [1.54, 1.807) is 0 Å². The van der Waals surface area contributed by atoms with Crippen LogP contribution in [0.5, 0.6) is 0 Å². The molecule has 9 heteroatoms. The summed E-state index contributed by atoms with van der Waals surface area (Å²) >= 11 is 0. The molecule has 0 saturated carbocycles. The van der Waals surface area contributed by atoms with Crippen molar-refractivity contribution in [3.63, 3.8) is 0 Å². The maximum absolute atomic E-state index is 12.9. The molecule has 9 nitrogen and oxygen atoms in total. The molecule has 0 aromatic carbocycles. The lowest BCUT2D eigenvalue weighted by atomic mass is 10.0. The van der Waals surface area contributed by atoms with Crippen LogP contribution < -0.4 is 0 Å². The topological polar surface area (TPSA) is 108 Å². The number of carbonyl (C=O) groups is 3. The number of carboxylic acid groups (broad SMARTS) is 1. The summed E-state index contributed by atoms with van der Waals surface area (Å²) in [5.74, 6) is -2.00. The lowest BCUT2D eigenvalue weighted by molar-refractivity contribution is -0.870. The van der Waals surface area contributed by atoms with E-state index in [4.69, 9.17) is 18.9 Å². The first kappa shape index (κ1) is 84.2. The van der Waals surface area contributed by atoms with E-state index in [9.17, 15) is 19.5 Å². The van der Waals surface area contributed by atoms with Crippen molar-refractivity contribution in [2.24, 2.45) is 0 Å². The van der Waals surface area contributed by atoms with E-state index in [-0.39, 0.29) is 32.2 Å². The molecule has 0 aliphatic heterocycles. The van der Waals surface area contributed by atoms with Crippen molar-refractivity contribution in [3.8, 4) is 0 Å². The second kappa shape index (κ2) is 69.1. The largest absolute Gasteiger partial charge is 0.477 e. The predicted molar refractivity (Wildman–Crippen MR) is 374 cm³/mol. The number of ether oxygens (including phenoxy) is 4. The fraction of sp³-hybridized carbons (Fsp3) is 0.859. The molecule has 0 aliphatic carbocycles. The molecule has 87 heavy (non-hydrogen) atoms. The van der Waals surface area contributed by atoms with Gasteiger partial charge in [-0.1, -0.05) is 332 Å². The zero-order valence-electron chi connectivity index (χ0n) is 58.5. The number of carboxylic acids is 1. The molecule has 0 aliphatic rings. The van der Waals surface area contributed by atoms with Crippen molar-refractivity contribution in [1.29, 1.82) is 0 Å². The third-order valence-corrected chi connectivity index (χ3v) is 17.1. The molecule has 0 saturated heterocycles. The number of allylic oxidation sites excluding steroid dienone is 8. The number of quaternary nitrogens is 1. The third-order valence-electron chi connectivity index (χ3n) is 17.1. The van der Waals surface area contributed by atoms with E-state index in [0.29, 0.717) is 23.9 Å². The number of likely N-dealkylation sites (N-methyl/N-ethyl adjacent to an activating group) is 1. The molecule has 0 amide bonds. The van der Waals surface area contributed by atoms with Gasteiger partial charge in [-0.2, -0.15) is 0 Å². The second-order valence-electron chi connectivity index (χ2n) is 27.0. The van der Waals surface area contributed by atoms with E-state index in [1.807, 2.05) is 21.1 Å². The molecule has 0 bridgehead atoms. The highest BCUT2D eigenvalue weighted by Gasteiger charge is 2.25. The summed E-state index contributed by atoms with van der Waals surface area (Å²) in [7, 11) is 5.98. The highest BCUT2D eigenvalue weighted by atomic mass is 16.7. The highest BCUT2D eigenvalue weighted by molar-refractivity contribution is 5.71. The Labute approximate surface area is 540 Å². The summed E-state index contributed by atoms with van der Waals surface area (Å²) in [4.78, 5) is 37.6. The maximum atomic E-state index is 12.9. The Morgan fingerprint density at radius 1 is 0.345 bits per heavy atom. The molecule has 2 unspecified atom stereocenters. The van der Waals surface area contributed by atoms with Gasteiger partial charge in [-0.3, -0.25) is 9.59 Å². The Bertz CT molecular complexity index is 1570. The average molecular weight is 1230 g/mol. The number of hydrogen-bond acceptors (Lipinski definition) is 7. The molecule has 0 aromatic heterocycles. The molecule has 0 spiro atoms. The summed E-state index contributed by atoms with van der Waals surface area (Å²) in [5.41, 5.74) is 0. The number of hydrogen-bond donors (Lipinski definition) is 1. The van der Waals surface area contributed by atoms with Crippen LogP contribution in [0.15, 0.2) is 48.6 Å². The first-order chi connectivity index (χ1) is 42.6. The smallest absolute Gasteiger partial charge is 0.361 e. The lowest BCUT2D eigenvalue weighted by Crippen LogP contribution is -2.40. The number of unbranched alkanes of at least 4 members (excludes halogenated alkanes) is 48.